The Hall–Kier alpha value is -1.68. The predicted octanol–water partition coefficient (Wildman–Crippen LogP) is 5.48. The summed E-state index contributed by atoms with van der Waals surface area (Å²) in [6.45, 7) is 7.98. The van der Waals surface area contributed by atoms with Crippen molar-refractivity contribution in [3.8, 4) is 10.4 Å². The molecule has 1 aliphatic rings. The monoisotopic (exact) mass is 345 g/mol. The van der Waals surface area contributed by atoms with E-state index in [1.807, 2.05) is 12.1 Å². The highest BCUT2D eigenvalue weighted by Crippen LogP contribution is 2.35. The van der Waals surface area contributed by atoms with Crippen molar-refractivity contribution in [3.05, 3.63) is 46.6 Å². The van der Waals surface area contributed by atoms with E-state index in [0.29, 0.717) is 0 Å². The second kappa shape index (κ2) is 6.67. The normalized spacial score (nSPS) is 15.6. The summed E-state index contributed by atoms with van der Waals surface area (Å²) in [6.07, 6.45) is 3.17. The van der Waals surface area contributed by atoms with Gasteiger partial charge in [0, 0.05) is 22.8 Å². The van der Waals surface area contributed by atoms with Gasteiger partial charge in [-0.3, -0.25) is 4.79 Å². The minimum absolute atomic E-state index is 0.0889. The number of carbonyl (C=O) groups excluding carboxylic acids is 1. The van der Waals surface area contributed by atoms with Crippen LogP contribution < -0.4 is 0 Å². The van der Waals surface area contributed by atoms with Crippen LogP contribution in [0.25, 0.3) is 10.4 Å². The molecule has 0 radical (unpaired) electrons. The molecule has 1 fully saturated rings. The van der Waals surface area contributed by atoms with Gasteiger partial charge in [0.25, 0.3) is 5.91 Å². The van der Waals surface area contributed by atoms with Crippen LogP contribution in [-0.4, -0.2) is 23.9 Å². The summed E-state index contributed by atoms with van der Waals surface area (Å²) in [7, 11) is 0. The Morgan fingerprint density at radius 2 is 1.79 bits per heavy atom. The van der Waals surface area contributed by atoms with Crippen molar-refractivity contribution in [2.45, 2.75) is 45.4 Å². The van der Waals surface area contributed by atoms with Gasteiger partial charge in [-0.05, 0) is 54.5 Å². The van der Waals surface area contributed by atoms with E-state index in [4.69, 9.17) is 0 Å². The number of hydrogen-bond acceptors (Lipinski definition) is 2. The summed E-state index contributed by atoms with van der Waals surface area (Å²) < 4.78 is 14.5. The molecule has 0 bridgehead atoms. The minimum atomic E-state index is -0.422. The van der Waals surface area contributed by atoms with Crippen molar-refractivity contribution >= 4 is 17.2 Å². The molecule has 4 heteroatoms. The number of thiophene rings is 1. The third kappa shape index (κ3) is 3.54. The smallest absolute Gasteiger partial charge is 0.256 e. The van der Waals surface area contributed by atoms with Crippen molar-refractivity contribution < 1.29 is 9.18 Å². The van der Waals surface area contributed by atoms with Crippen LogP contribution in [0.4, 0.5) is 4.39 Å². The Kier molecular flexibility index (Phi) is 4.77. The Bertz CT molecular complexity index is 738. The van der Waals surface area contributed by atoms with Gasteiger partial charge in [0.2, 0.25) is 0 Å². The van der Waals surface area contributed by atoms with Gasteiger partial charge in [0.05, 0.1) is 5.56 Å². The molecule has 24 heavy (non-hydrogen) atoms. The van der Waals surface area contributed by atoms with Gasteiger partial charge in [0.15, 0.2) is 0 Å². The first-order valence-corrected chi connectivity index (χ1v) is 9.37. The zero-order valence-corrected chi connectivity index (χ0v) is 15.4. The van der Waals surface area contributed by atoms with E-state index in [2.05, 4.69) is 26.8 Å². The third-order valence-electron chi connectivity index (χ3n) is 4.47. The number of hydrogen-bond donors (Lipinski definition) is 0. The molecule has 1 aromatic heterocycles. The predicted molar refractivity (Wildman–Crippen MR) is 98.2 cm³/mol. The lowest BCUT2D eigenvalue weighted by Crippen LogP contribution is -2.36. The molecule has 1 aliphatic heterocycles. The van der Waals surface area contributed by atoms with E-state index in [-0.39, 0.29) is 16.9 Å². The standard InChI is InChI=1S/C20H24FNOS/c1-20(2,3)18-10-9-17(24-18)14-7-8-15(16(21)13-14)19(23)22-11-5-4-6-12-22/h7-10,13H,4-6,11-12H2,1-3H3. The highest BCUT2D eigenvalue weighted by molar-refractivity contribution is 7.15. The Balaban J connectivity index is 1.84. The molecule has 0 unspecified atom stereocenters. The summed E-state index contributed by atoms with van der Waals surface area (Å²) in [6, 6.07) is 9.13. The average molecular weight is 345 g/mol. The topological polar surface area (TPSA) is 20.3 Å². The molecule has 1 aromatic carbocycles. The molecule has 0 aliphatic carbocycles. The van der Waals surface area contributed by atoms with E-state index in [9.17, 15) is 9.18 Å². The summed E-state index contributed by atoms with van der Waals surface area (Å²) in [5.74, 6) is -0.603. The minimum Gasteiger partial charge on any atom is -0.339 e. The van der Waals surface area contributed by atoms with Crippen molar-refractivity contribution in [2.75, 3.05) is 13.1 Å². The molecule has 2 nitrogen and oxygen atoms in total. The van der Waals surface area contributed by atoms with Crippen LogP contribution in [0.3, 0.4) is 0 Å². The van der Waals surface area contributed by atoms with Gasteiger partial charge in [-0.25, -0.2) is 4.39 Å². The van der Waals surface area contributed by atoms with E-state index in [1.54, 1.807) is 22.3 Å². The van der Waals surface area contributed by atoms with Crippen molar-refractivity contribution in [3.63, 3.8) is 0 Å². The quantitative estimate of drug-likeness (QED) is 0.706. The first kappa shape index (κ1) is 17.2. The summed E-state index contributed by atoms with van der Waals surface area (Å²) >= 11 is 1.68. The molecule has 0 saturated carbocycles. The second-order valence-corrected chi connectivity index (χ2v) is 8.55. The van der Waals surface area contributed by atoms with Gasteiger partial charge in [-0.15, -0.1) is 11.3 Å². The molecule has 0 N–H and O–H groups in total. The zero-order valence-electron chi connectivity index (χ0n) is 14.6. The maximum atomic E-state index is 14.5. The average Bonchev–Trinajstić information content (AvgIpc) is 3.05. The number of halogens is 1. The van der Waals surface area contributed by atoms with Crippen molar-refractivity contribution in [1.29, 1.82) is 0 Å². The van der Waals surface area contributed by atoms with E-state index < -0.39 is 5.82 Å². The molecule has 2 aromatic rings. The number of nitrogens with zero attached hydrogens (tertiary/aromatic N) is 1. The fourth-order valence-electron chi connectivity index (χ4n) is 3.01. The highest BCUT2D eigenvalue weighted by atomic mass is 32.1. The fourth-order valence-corrected chi connectivity index (χ4v) is 4.07. The first-order chi connectivity index (χ1) is 11.4. The number of rotatable bonds is 2. The fraction of sp³-hybridized carbons (Fsp3) is 0.450. The number of carbonyl (C=O) groups is 1. The second-order valence-electron chi connectivity index (χ2n) is 7.46. The summed E-state index contributed by atoms with van der Waals surface area (Å²) in [4.78, 5) is 16.6. The summed E-state index contributed by atoms with van der Waals surface area (Å²) in [5, 5.41) is 0. The first-order valence-electron chi connectivity index (χ1n) is 8.56. The Morgan fingerprint density at radius 1 is 1.08 bits per heavy atom. The van der Waals surface area contributed by atoms with Crippen molar-refractivity contribution in [2.24, 2.45) is 0 Å². The van der Waals surface area contributed by atoms with Gasteiger partial charge >= 0.3 is 0 Å². The number of benzene rings is 1. The lowest BCUT2D eigenvalue weighted by Gasteiger charge is -2.26. The molecule has 1 amide bonds. The highest BCUT2D eigenvalue weighted by Gasteiger charge is 2.22. The molecular formula is C20H24FNOS. The number of likely N-dealkylation sites (tertiary alicyclic amines) is 1. The molecule has 2 heterocycles. The lowest BCUT2D eigenvalue weighted by molar-refractivity contribution is 0.0719. The van der Waals surface area contributed by atoms with E-state index in [0.717, 1.165) is 42.8 Å². The van der Waals surface area contributed by atoms with Crippen LogP contribution in [0.1, 0.15) is 55.3 Å². The van der Waals surface area contributed by atoms with Gasteiger partial charge in [-0.1, -0.05) is 26.8 Å². The molecule has 3 rings (SSSR count). The Morgan fingerprint density at radius 3 is 2.38 bits per heavy atom. The van der Waals surface area contributed by atoms with Crippen LogP contribution in [0.2, 0.25) is 0 Å². The molecule has 0 atom stereocenters. The molecular weight excluding hydrogens is 321 g/mol. The van der Waals surface area contributed by atoms with Crippen LogP contribution in [-0.2, 0) is 5.41 Å². The maximum Gasteiger partial charge on any atom is 0.256 e. The Labute approximate surface area is 147 Å². The molecule has 0 spiro atoms. The van der Waals surface area contributed by atoms with Crippen LogP contribution in [0.5, 0.6) is 0 Å². The molecule has 1 saturated heterocycles. The lowest BCUT2D eigenvalue weighted by atomic mass is 9.95. The van der Waals surface area contributed by atoms with Gasteiger partial charge < -0.3 is 4.90 Å². The SMILES string of the molecule is CC(C)(C)c1ccc(-c2ccc(C(=O)N3CCCCC3)c(F)c2)s1. The van der Waals surface area contributed by atoms with Crippen LogP contribution in [0, 0.1) is 5.82 Å². The van der Waals surface area contributed by atoms with Crippen molar-refractivity contribution in [1.82, 2.24) is 4.90 Å². The van der Waals surface area contributed by atoms with Crippen LogP contribution >= 0.6 is 11.3 Å². The van der Waals surface area contributed by atoms with E-state index >= 15 is 0 Å². The summed E-state index contributed by atoms with van der Waals surface area (Å²) in [5.41, 5.74) is 1.11. The molecule has 128 valence electrons. The number of piperidine rings is 1. The largest absolute Gasteiger partial charge is 0.339 e. The number of amides is 1. The maximum absolute atomic E-state index is 14.5. The van der Waals surface area contributed by atoms with Crippen LogP contribution in [0.15, 0.2) is 30.3 Å². The van der Waals surface area contributed by atoms with E-state index in [1.165, 1.54) is 10.9 Å². The van der Waals surface area contributed by atoms with Gasteiger partial charge in [-0.2, -0.15) is 0 Å². The third-order valence-corrected chi connectivity index (χ3v) is 6.03. The zero-order chi connectivity index (χ0) is 17.3. The van der Waals surface area contributed by atoms with Gasteiger partial charge in [0.1, 0.15) is 5.82 Å².